The normalized spacial score (nSPS) is 16.7. The fourth-order valence-corrected chi connectivity index (χ4v) is 2.87. The zero-order valence-electron chi connectivity index (χ0n) is 12.7. The number of fused-ring (bicyclic) bond motifs is 1. The molecule has 1 aliphatic rings. The van der Waals surface area contributed by atoms with Gasteiger partial charge < -0.3 is 16.0 Å². The number of rotatable bonds is 3. The van der Waals surface area contributed by atoms with Crippen LogP contribution in [0.1, 0.15) is 22.7 Å². The molecule has 0 radical (unpaired) electrons. The number of carbonyl (C=O) groups is 1. The third kappa shape index (κ3) is 3.46. The van der Waals surface area contributed by atoms with Crippen molar-refractivity contribution in [2.45, 2.75) is 19.4 Å². The second-order valence-corrected chi connectivity index (χ2v) is 5.66. The Hall–Kier alpha value is -2.33. The number of hydrogen-bond acceptors (Lipinski definition) is 2. The number of hydrogen-bond donors (Lipinski definition) is 3. The largest absolute Gasteiger partial charge is 0.336 e. The summed E-state index contributed by atoms with van der Waals surface area (Å²) in [5.74, 6) is 0. The molecule has 3 rings (SSSR count). The standard InChI is InChI=1S/C18H21N3O/c1-13-5-4-7-15(11-13)21-18(22)20-12-17-16-8-3-2-6-14(16)9-10-19-17/h2-8,11,17,19H,9-10,12H2,1H3,(H2,20,21,22). The molecule has 1 unspecified atom stereocenters. The maximum absolute atomic E-state index is 12.0. The van der Waals surface area contributed by atoms with Crippen molar-refractivity contribution >= 4 is 11.7 Å². The Morgan fingerprint density at radius 2 is 2.09 bits per heavy atom. The highest BCUT2D eigenvalue weighted by atomic mass is 16.2. The van der Waals surface area contributed by atoms with Crippen LogP contribution in [0.4, 0.5) is 10.5 Å². The second-order valence-electron chi connectivity index (χ2n) is 5.66. The van der Waals surface area contributed by atoms with E-state index < -0.39 is 0 Å². The number of nitrogens with one attached hydrogen (secondary N) is 3. The zero-order valence-corrected chi connectivity index (χ0v) is 12.7. The molecule has 4 nitrogen and oxygen atoms in total. The molecule has 0 saturated carbocycles. The zero-order chi connectivity index (χ0) is 15.4. The summed E-state index contributed by atoms with van der Waals surface area (Å²) >= 11 is 0. The van der Waals surface area contributed by atoms with Crippen LogP contribution in [-0.4, -0.2) is 19.1 Å². The molecule has 0 fully saturated rings. The molecular formula is C18H21N3O. The SMILES string of the molecule is Cc1cccc(NC(=O)NCC2NCCc3ccccc32)c1. The minimum absolute atomic E-state index is 0.171. The van der Waals surface area contributed by atoms with E-state index in [1.54, 1.807) is 0 Å². The smallest absolute Gasteiger partial charge is 0.319 e. The number of benzene rings is 2. The van der Waals surface area contributed by atoms with Crippen LogP contribution >= 0.6 is 0 Å². The summed E-state index contributed by atoms with van der Waals surface area (Å²) in [7, 11) is 0. The van der Waals surface area contributed by atoms with Crippen molar-refractivity contribution in [1.29, 1.82) is 0 Å². The second kappa shape index (κ2) is 6.62. The van der Waals surface area contributed by atoms with Crippen LogP contribution in [0.15, 0.2) is 48.5 Å². The first-order chi connectivity index (χ1) is 10.7. The highest BCUT2D eigenvalue weighted by Crippen LogP contribution is 2.21. The van der Waals surface area contributed by atoms with Gasteiger partial charge in [-0.1, -0.05) is 36.4 Å². The van der Waals surface area contributed by atoms with Gasteiger partial charge in [-0.15, -0.1) is 0 Å². The van der Waals surface area contributed by atoms with Gasteiger partial charge in [-0.3, -0.25) is 0 Å². The Labute approximate surface area is 130 Å². The highest BCUT2D eigenvalue weighted by Gasteiger charge is 2.19. The summed E-state index contributed by atoms with van der Waals surface area (Å²) in [6.45, 7) is 3.53. The molecule has 22 heavy (non-hydrogen) atoms. The molecule has 0 aromatic heterocycles. The fourth-order valence-electron chi connectivity index (χ4n) is 2.87. The monoisotopic (exact) mass is 295 g/mol. The molecule has 1 heterocycles. The van der Waals surface area contributed by atoms with Gasteiger partial charge in [0.25, 0.3) is 0 Å². The van der Waals surface area contributed by atoms with Crippen molar-refractivity contribution < 1.29 is 4.79 Å². The van der Waals surface area contributed by atoms with Gasteiger partial charge in [0.15, 0.2) is 0 Å². The van der Waals surface area contributed by atoms with E-state index in [2.05, 4.69) is 34.1 Å². The summed E-state index contributed by atoms with van der Waals surface area (Å²) in [5, 5.41) is 9.28. The summed E-state index contributed by atoms with van der Waals surface area (Å²) in [6.07, 6.45) is 1.04. The topological polar surface area (TPSA) is 53.2 Å². The van der Waals surface area contributed by atoms with Gasteiger partial charge in [0, 0.05) is 18.3 Å². The van der Waals surface area contributed by atoms with Crippen molar-refractivity contribution in [3.8, 4) is 0 Å². The minimum Gasteiger partial charge on any atom is -0.336 e. The summed E-state index contributed by atoms with van der Waals surface area (Å²) < 4.78 is 0. The van der Waals surface area contributed by atoms with Crippen LogP contribution in [0.3, 0.4) is 0 Å². The Morgan fingerprint density at radius 1 is 1.23 bits per heavy atom. The third-order valence-electron chi connectivity index (χ3n) is 3.96. The molecule has 0 bridgehead atoms. The molecule has 2 aromatic carbocycles. The third-order valence-corrected chi connectivity index (χ3v) is 3.96. The van der Waals surface area contributed by atoms with Crippen LogP contribution in [-0.2, 0) is 6.42 Å². The van der Waals surface area contributed by atoms with Crippen molar-refractivity contribution in [1.82, 2.24) is 10.6 Å². The van der Waals surface area contributed by atoms with Crippen molar-refractivity contribution in [2.24, 2.45) is 0 Å². The molecule has 4 heteroatoms. The van der Waals surface area contributed by atoms with Crippen LogP contribution in [0.25, 0.3) is 0 Å². The predicted molar refractivity (Wildman–Crippen MR) is 89.1 cm³/mol. The predicted octanol–water partition coefficient (Wildman–Crippen LogP) is 3.00. The summed E-state index contributed by atoms with van der Waals surface area (Å²) in [5.41, 5.74) is 4.59. The molecule has 1 aliphatic heterocycles. The number of aryl methyl sites for hydroxylation is 1. The van der Waals surface area contributed by atoms with E-state index in [1.165, 1.54) is 11.1 Å². The van der Waals surface area contributed by atoms with Crippen molar-refractivity contribution in [3.63, 3.8) is 0 Å². The molecule has 3 N–H and O–H groups in total. The minimum atomic E-state index is -0.171. The van der Waals surface area contributed by atoms with Gasteiger partial charge in [-0.2, -0.15) is 0 Å². The lowest BCUT2D eigenvalue weighted by molar-refractivity contribution is 0.250. The van der Waals surface area contributed by atoms with E-state index in [0.717, 1.165) is 24.2 Å². The van der Waals surface area contributed by atoms with Gasteiger partial charge in [-0.05, 0) is 48.7 Å². The molecule has 0 aliphatic carbocycles. The van der Waals surface area contributed by atoms with E-state index in [9.17, 15) is 4.79 Å². The summed E-state index contributed by atoms with van der Waals surface area (Å²) in [6, 6.07) is 16.2. The first-order valence-electron chi connectivity index (χ1n) is 7.65. The van der Waals surface area contributed by atoms with Gasteiger partial charge in [0.1, 0.15) is 0 Å². The van der Waals surface area contributed by atoms with E-state index in [0.29, 0.717) is 6.54 Å². The average molecular weight is 295 g/mol. The molecule has 114 valence electrons. The molecule has 2 amide bonds. The lowest BCUT2D eigenvalue weighted by Gasteiger charge is -2.27. The number of carbonyl (C=O) groups excluding carboxylic acids is 1. The number of amides is 2. The van der Waals surface area contributed by atoms with Crippen molar-refractivity contribution in [2.75, 3.05) is 18.4 Å². The summed E-state index contributed by atoms with van der Waals surface area (Å²) in [4.78, 5) is 12.0. The van der Waals surface area contributed by atoms with E-state index in [4.69, 9.17) is 0 Å². The average Bonchev–Trinajstić information content (AvgIpc) is 2.53. The van der Waals surface area contributed by atoms with Crippen LogP contribution in [0.5, 0.6) is 0 Å². The quantitative estimate of drug-likeness (QED) is 0.815. The molecule has 0 saturated heterocycles. The van der Waals surface area contributed by atoms with Crippen LogP contribution in [0.2, 0.25) is 0 Å². The Bertz CT molecular complexity index is 669. The maximum Gasteiger partial charge on any atom is 0.319 e. The van der Waals surface area contributed by atoms with Crippen molar-refractivity contribution in [3.05, 3.63) is 65.2 Å². The highest BCUT2D eigenvalue weighted by molar-refractivity contribution is 5.89. The molecule has 0 spiro atoms. The number of urea groups is 1. The Kier molecular flexibility index (Phi) is 4.39. The lowest BCUT2D eigenvalue weighted by atomic mass is 9.94. The van der Waals surface area contributed by atoms with E-state index in [-0.39, 0.29) is 12.1 Å². The van der Waals surface area contributed by atoms with Gasteiger partial charge in [0.05, 0.1) is 0 Å². The van der Waals surface area contributed by atoms with E-state index in [1.807, 2.05) is 37.3 Å². The first-order valence-corrected chi connectivity index (χ1v) is 7.65. The Balaban J connectivity index is 1.58. The molecule has 1 atom stereocenters. The van der Waals surface area contributed by atoms with Gasteiger partial charge >= 0.3 is 6.03 Å². The molecule has 2 aromatic rings. The van der Waals surface area contributed by atoms with E-state index >= 15 is 0 Å². The van der Waals surface area contributed by atoms with Gasteiger partial charge in [0.2, 0.25) is 0 Å². The maximum atomic E-state index is 12.0. The number of anilines is 1. The Morgan fingerprint density at radius 3 is 2.95 bits per heavy atom. The van der Waals surface area contributed by atoms with Crippen LogP contribution < -0.4 is 16.0 Å². The van der Waals surface area contributed by atoms with Crippen LogP contribution in [0, 0.1) is 6.92 Å². The first kappa shape index (κ1) is 14.6. The molecular weight excluding hydrogens is 274 g/mol. The lowest BCUT2D eigenvalue weighted by Crippen LogP contribution is -2.40. The van der Waals surface area contributed by atoms with Gasteiger partial charge in [-0.25, -0.2) is 4.79 Å². The fraction of sp³-hybridized carbons (Fsp3) is 0.278.